The van der Waals surface area contributed by atoms with Crippen LogP contribution in [0.25, 0.3) is 5.69 Å². The summed E-state index contributed by atoms with van der Waals surface area (Å²) in [6.07, 6.45) is 3.15. The molecule has 6 rings (SSSR count). The van der Waals surface area contributed by atoms with Crippen molar-refractivity contribution in [2.75, 3.05) is 6.54 Å². The number of para-hydroxylation sites is 1. The van der Waals surface area contributed by atoms with Crippen molar-refractivity contribution in [2.24, 2.45) is 5.92 Å². The van der Waals surface area contributed by atoms with Crippen molar-refractivity contribution in [2.45, 2.75) is 88.3 Å². The second-order valence-corrected chi connectivity index (χ2v) is 13.6. The van der Waals surface area contributed by atoms with Crippen LogP contribution in [0.2, 0.25) is 0 Å². The minimum Gasteiger partial charge on any atom is -0.391 e. The fourth-order valence-electron chi connectivity index (χ4n) is 7.20. The molecule has 16 heteroatoms. The Morgan fingerprint density at radius 1 is 0.923 bits per heavy atom. The molecule has 274 valence electrons. The number of nitrogens with zero attached hydrogens (tertiary/aromatic N) is 4. The minimum atomic E-state index is -1.41. The minimum absolute atomic E-state index is 0.0200. The number of benzene rings is 2. The first-order valence-corrected chi connectivity index (χ1v) is 17.5. The smallest absolute Gasteiger partial charge is 0.253 e. The van der Waals surface area contributed by atoms with Gasteiger partial charge in [-0.1, -0.05) is 48.9 Å². The quantitative estimate of drug-likeness (QED) is 0.191. The lowest BCUT2D eigenvalue weighted by Crippen LogP contribution is -2.61. The first-order valence-electron chi connectivity index (χ1n) is 17.5. The second kappa shape index (κ2) is 15.7. The molecule has 0 radical (unpaired) electrons. The normalized spacial score (nSPS) is 27.8. The molecule has 0 bridgehead atoms. The number of aromatic nitrogens is 3. The summed E-state index contributed by atoms with van der Waals surface area (Å²) < 4.78 is 1.45. The van der Waals surface area contributed by atoms with Crippen LogP contribution in [0.5, 0.6) is 0 Å². The van der Waals surface area contributed by atoms with Gasteiger partial charge in [0.2, 0.25) is 29.5 Å². The molecule has 6 amide bonds. The van der Waals surface area contributed by atoms with Gasteiger partial charge in [0.1, 0.15) is 36.8 Å². The number of hydrogen-bond acceptors (Lipinski definition) is 9. The number of nitrogens with one attached hydrogen (secondary N) is 5. The van der Waals surface area contributed by atoms with E-state index in [1.54, 1.807) is 48.5 Å². The van der Waals surface area contributed by atoms with Crippen molar-refractivity contribution in [1.82, 2.24) is 46.2 Å². The summed E-state index contributed by atoms with van der Waals surface area (Å²) in [6.45, 7) is 2.79. The number of carbonyl (C=O) groups excluding carboxylic acids is 6. The van der Waals surface area contributed by atoms with Crippen molar-refractivity contribution in [3.63, 3.8) is 0 Å². The third kappa shape index (κ3) is 7.96. The average Bonchev–Trinajstić information content (AvgIpc) is 3.92. The van der Waals surface area contributed by atoms with Gasteiger partial charge >= 0.3 is 0 Å². The van der Waals surface area contributed by atoms with Crippen molar-refractivity contribution in [3.05, 3.63) is 78.4 Å². The molecule has 0 spiro atoms. The molecule has 3 heterocycles. The van der Waals surface area contributed by atoms with Gasteiger partial charge in [0, 0.05) is 25.0 Å². The molecule has 3 fully saturated rings. The standard InChI is InChI=1S/C36H43N9O7/c1-20-31(47)41-26-13-8-12-24(26)32(48)43-30(21(2)46)35(51)42-27(15-22-9-4-3-5-10-22)36(52)44-17-23(16-29(44)34(50)39-20)40-33(49)25-11-6-7-14-28(25)45-19-37-18-38-45/h3-7,9-11,14,18-21,23-24,26-27,29-30,46H,8,12-13,15-17H2,1-2H3,(H,39,50)(H,40,49)(H,41,47)(H,42,51)(H,43,48)/t20-,21+,23+,24+,26+,27-,29-,30-/m0/s1. The summed E-state index contributed by atoms with van der Waals surface area (Å²) in [5.41, 5.74) is 1.48. The number of fused-ring (bicyclic) bond motifs is 2. The van der Waals surface area contributed by atoms with Crippen LogP contribution >= 0.6 is 0 Å². The van der Waals surface area contributed by atoms with E-state index in [2.05, 4.69) is 36.7 Å². The molecule has 1 aliphatic carbocycles. The third-order valence-electron chi connectivity index (χ3n) is 9.93. The summed E-state index contributed by atoms with van der Waals surface area (Å²) in [6, 6.07) is 9.74. The number of amides is 6. The summed E-state index contributed by atoms with van der Waals surface area (Å²) in [5.74, 6) is -4.18. The zero-order valence-corrected chi connectivity index (χ0v) is 28.9. The summed E-state index contributed by atoms with van der Waals surface area (Å²) >= 11 is 0. The van der Waals surface area contributed by atoms with Crippen LogP contribution in [0.15, 0.2) is 67.3 Å². The Bertz CT molecular complexity index is 1800. The summed E-state index contributed by atoms with van der Waals surface area (Å²) in [5, 5.41) is 28.7. The van der Waals surface area contributed by atoms with Crippen molar-refractivity contribution in [1.29, 1.82) is 0 Å². The van der Waals surface area contributed by atoms with Gasteiger partial charge in [-0.05, 0) is 50.8 Å². The molecular formula is C36H43N9O7. The molecule has 1 aromatic heterocycles. The number of rotatable bonds is 6. The van der Waals surface area contributed by atoms with Crippen LogP contribution in [-0.2, 0) is 30.4 Å². The van der Waals surface area contributed by atoms with Crippen molar-refractivity contribution >= 4 is 35.4 Å². The molecule has 2 aliphatic heterocycles. The largest absolute Gasteiger partial charge is 0.391 e. The van der Waals surface area contributed by atoms with E-state index in [0.29, 0.717) is 36.1 Å². The highest BCUT2D eigenvalue weighted by Crippen LogP contribution is 2.27. The Balaban J connectivity index is 1.33. The Morgan fingerprint density at radius 3 is 2.40 bits per heavy atom. The van der Waals surface area contributed by atoms with Crippen LogP contribution in [0.4, 0.5) is 0 Å². The first kappa shape index (κ1) is 36.2. The molecule has 3 aliphatic rings. The van der Waals surface area contributed by atoms with Gasteiger partial charge in [0.05, 0.1) is 23.3 Å². The SMILES string of the molecule is C[C@@H]1NC(=O)[C@@H]2C[C@@H](NC(=O)c3ccccc3-n3cncn3)CN2C(=O)[C@H](Cc2ccccc2)NC(=O)[C@H]([C@@H](C)O)NC(=O)[C@@H]2CCC[C@H]2NC1=O. The van der Waals surface area contributed by atoms with Crippen LogP contribution in [0.1, 0.15) is 55.5 Å². The zero-order valence-electron chi connectivity index (χ0n) is 28.9. The maximum Gasteiger partial charge on any atom is 0.253 e. The zero-order chi connectivity index (χ0) is 36.9. The molecule has 2 aromatic carbocycles. The molecule has 0 unspecified atom stereocenters. The van der Waals surface area contributed by atoms with E-state index in [-0.39, 0.29) is 19.4 Å². The van der Waals surface area contributed by atoms with E-state index in [9.17, 15) is 33.9 Å². The van der Waals surface area contributed by atoms with E-state index in [1.165, 1.54) is 36.1 Å². The predicted molar refractivity (Wildman–Crippen MR) is 185 cm³/mol. The average molecular weight is 714 g/mol. The summed E-state index contributed by atoms with van der Waals surface area (Å²) in [7, 11) is 0. The molecule has 3 aromatic rings. The Morgan fingerprint density at radius 2 is 1.67 bits per heavy atom. The lowest BCUT2D eigenvalue weighted by atomic mass is 10.00. The van der Waals surface area contributed by atoms with E-state index < -0.39 is 83.7 Å². The van der Waals surface area contributed by atoms with E-state index in [0.717, 1.165) is 0 Å². The Labute approximate surface area is 300 Å². The molecule has 6 N–H and O–H groups in total. The van der Waals surface area contributed by atoms with Gasteiger partial charge in [-0.3, -0.25) is 28.8 Å². The van der Waals surface area contributed by atoms with Gasteiger partial charge in [0.25, 0.3) is 5.91 Å². The van der Waals surface area contributed by atoms with Crippen LogP contribution in [0.3, 0.4) is 0 Å². The second-order valence-electron chi connectivity index (χ2n) is 13.6. The molecule has 52 heavy (non-hydrogen) atoms. The molecule has 2 saturated heterocycles. The molecule has 8 atom stereocenters. The Hall–Kier alpha value is -5.64. The number of aliphatic hydroxyl groups excluding tert-OH is 1. The maximum absolute atomic E-state index is 14.5. The van der Waals surface area contributed by atoms with Crippen molar-refractivity contribution < 1.29 is 33.9 Å². The van der Waals surface area contributed by atoms with Crippen LogP contribution in [0, 0.1) is 5.92 Å². The third-order valence-corrected chi connectivity index (χ3v) is 9.93. The van der Waals surface area contributed by atoms with Crippen LogP contribution < -0.4 is 26.6 Å². The fraction of sp³-hybridized carbons (Fsp3) is 0.444. The van der Waals surface area contributed by atoms with Crippen LogP contribution in [-0.4, -0.2) is 109 Å². The number of carbonyl (C=O) groups is 6. The topological polar surface area (TPSA) is 217 Å². The predicted octanol–water partition coefficient (Wildman–Crippen LogP) is -0.637. The monoisotopic (exact) mass is 713 g/mol. The van der Waals surface area contributed by atoms with Gasteiger partial charge in [-0.25, -0.2) is 9.67 Å². The molecular weight excluding hydrogens is 670 g/mol. The highest BCUT2D eigenvalue weighted by atomic mass is 16.3. The summed E-state index contributed by atoms with van der Waals surface area (Å²) in [4.78, 5) is 88.0. The lowest BCUT2D eigenvalue weighted by molar-refractivity contribution is -0.143. The van der Waals surface area contributed by atoms with Gasteiger partial charge in [-0.2, -0.15) is 5.10 Å². The highest BCUT2D eigenvalue weighted by Gasteiger charge is 2.45. The Kier molecular flexibility index (Phi) is 10.9. The molecule has 1 saturated carbocycles. The number of hydrogen-bond donors (Lipinski definition) is 6. The van der Waals surface area contributed by atoms with Gasteiger partial charge in [-0.15, -0.1) is 0 Å². The lowest BCUT2D eigenvalue weighted by Gasteiger charge is -2.32. The first-order chi connectivity index (χ1) is 25.0. The molecule has 16 nitrogen and oxygen atoms in total. The van der Waals surface area contributed by atoms with E-state index >= 15 is 0 Å². The van der Waals surface area contributed by atoms with E-state index in [1.807, 2.05) is 6.07 Å². The fourth-order valence-corrected chi connectivity index (χ4v) is 7.20. The maximum atomic E-state index is 14.5. The number of aliphatic hydroxyl groups is 1. The van der Waals surface area contributed by atoms with Gasteiger partial charge < -0.3 is 36.6 Å². The van der Waals surface area contributed by atoms with Gasteiger partial charge in [0.15, 0.2) is 0 Å². The van der Waals surface area contributed by atoms with E-state index in [4.69, 9.17) is 0 Å². The van der Waals surface area contributed by atoms with Crippen molar-refractivity contribution in [3.8, 4) is 5.69 Å². The highest BCUT2D eigenvalue weighted by molar-refractivity contribution is 5.99.